The standard InChI is InChI=1S/C28H24N2O5/c31-26(32)15-8-16-29-27(33)25(17-19-9-2-1-3-10-19)30-28(34)35-18-24-22-13-6-4-11-20(22)21-12-5-7-14-23(21)24/h1-7,9-14,24-25H,16-18H2,(H,29,33)(H,30,34)(H,31,32)/t25-/m0/s1. The van der Waals surface area contributed by atoms with E-state index in [0.717, 1.165) is 27.8 Å². The van der Waals surface area contributed by atoms with Gasteiger partial charge in [-0.15, -0.1) is 0 Å². The molecule has 0 bridgehead atoms. The van der Waals surface area contributed by atoms with E-state index < -0.39 is 24.0 Å². The van der Waals surface area contributed by atoms with E-state index >= 15 is 0 Å². The van der Waals surface area contributed by atoms with Crippen molar-refractivity contribution in [1.29, 1.82) is 0 Å². The van der Waals surface area contributed by atoms with Gasteiger partial charge >= 0.3 is 12.1 Å². The highest BCUT2D eigenvalue weighted by Crippen LogP contribution is 2.44. The Morgan fingerprint density at radius 3 is 2.11 bits per heavy atom. The highest BCUT2D eigenvalue weighted by molar-refractivity contribution is 5.88. The fourth-order valence-corrected chi connectivity index (χ4v) is 4.22. The number of carbonyl (C=O) groups excluding carboxylic acids is 2. The van der Waals surface area contributed by atoms with E-state index in [9.17, 15) is 14.4 Å². The Balaban J connectivity index is 1.43. The number of hydrogen-bond donors (Lipinski definition) is 3. The number of aliphatic carboxylic acids is 1. The summed E-state index contributed by atoms with van der Waals surface area (Å²) in [5, 5.41) is 13.8. The van der Waals surface area contributed by atoms with Crippen molar-refractivity contribution in [2.45, 2.75) is 18.4 Å². The van der Waals surface area contributed by atoms with E-state index in [0.29, 0.717) is 0 Å². The lowest BCUT2D eigenvalue weighted by Crippen LogP contribution is -2.48. The molecule has 3 aromatic carbocycles. The number of carboxylic acid groups (broad SMARTS) is 1. The Hall–Kier alpha value is -4.57. The van der Waals surface area contributed by atoms with E-state index in [1.165, 1.54) is 0 Å². The third-order valence-electron chi connectivity index (χ3n) is 5.78. The van der Waals surface area contributed by atoms with Crippen molar-refractivity contribution in [1.82, 2.24) is 10.6 Å². The zero-order valence-corrected chi connectivity index (χ0v) is 18.9. The van der Waals surface area contributed by atoms with Gasteiger partial charge in [-0.2, -0.15) is 0 Å². The van der Waals surface area contributed by atoms with Crippen LogP contribution in [0, 0.1) is 11.8 Å². The highest BCUT2D eigenvalue weighted by Gasteiger charge is 2.29. The van der Waals surface area contributed by atoms with Gasteiger partial charge in [0.05, 0.1) is 6.54 Å². The number of hydrogen-bond acceptors (Lipinski definition) is 4. The second kappa shape index (κ2) is 11.0. The number of carbonyl (C=O) groups is 3. The normalized spacial score (nSPS) is 12.3. The van der Waals surface area contributed by atoms with Gasteiger partial charge in [0, 0.05) is 18.3 Å². The van der Waals surface area contributed by atoms with Crippen molar-refractivity contribution in [3.05, 3.63) is 95.6 Å². The lowest BCUT2D eigenvalue weighted by molar-refractivity contribution is -0.130. The first-order chi connectivity index (χ1) is 17.0. The first kappa shape index (κ1) is 23.6. The zero-order chi connectivity index (χ0) is 24.6. The summed E-state index contributed by atoms with van der Waals surface area (Å²) in [7, 11) is 0. The second-order valence-corrected chi connectivity index (χ2v) is 8.04. The van der Waals surface area contributed by atoms with Crippen LogP contribution >= 0.6 is 0 Å². The Labute approximate surface area is 203 Å². The molecule has 0 spiro atoms. The Morgan fingerprint density at radius 1 is 0.886 bits per heavy atom. The highest BCUT2D eigenvalue weighted by atomic mass is 16.5. The lowest BCUT2D eigenvalue weighted by Gasteiger charge is -2.19. The minimum absolute atomic E-state index is 0.0964. The number of benzene rings is 3. The van der Waals surface area contributed by atoms with Crippen molar-refractivity contribution in [2.24, 2.45) is 0 Å². The topological polar surface area (TPSA) is 105 Å². The summed E-state index contributed by atoms with van der Waals surface area (Å²) in [6.07, 6.45) is -0.469. The average Bonchev–Trinajstić information content (AvgIpc) is 3.19. The Bertz CT molecular complexity index is 1250. The SMILES string of the molecule is O=C(O)C#CCNC(=O)[C@H](Cc1ccccc1)NC(=O)OCC1c2ccccc2-c2ccccc21. The van der Waals surface area contributed by atoms with Gasteiger partial charge in [-0.1, -0.05) is 84.8 Å². The second-order valence-electron chi connectivity index (χ2n) is 8.04. The van der Waals surface area contributed by atoms with Crippen molar-refractivity contribution in [2.75, 3.05) is 13.2 Å². The summed E-state index contributed by atoms with van der Waals surface area (Å²) in [4.78, 5) is 36.0. The van der Waals surface area contributed by atoms with E-state index in [1.807, 2.05) is 72.7 Å². The summed E-state index contributed by atoms with van der Waals surface area (Å²) in [5.74, 6) is 2.42. The fourth-order valence-electron chi connectivity index (χ4n) is 4.22. The predicted molar refractivity (Wildman–Crippen MR) is 131 cm³/mol. The van der Waals surface area contributed by atoms with Gasteiger partial charge in [0.15, 0.2) is 0 Å². The first-order valence-electron chi connectivity index (χ1n) is 11.2. The summed E-state index contributed by atoms with van der Waals surface area (Å²) >= 11 is 0. The number of fused-ring (bicyclic) bond motifs is 3. The zero-order valence-electron chi connectivity index (χ0n) is 18.9. The molecule has 1 aliphatic rings. The van der Waals surface area contributed by atoms with Crippen LogP contribution in [0.15, 0.2) is 78.9 Å². The van der Waals surface area contributed by atoms with Crippen LogP contribution < -0.4 is 10.6 Å². The van der Waals surface area contributed by atoms with Gasteiger partial charge in [0.1, 0.15) is 12.6 Å². The Kier molecular flexibility index (Phi) is 7.44. The Morgan fingerprint density at radius 2 is 1.49 bits per heavy atom. The maximum Gasteiger partial charge on any atom is 0.407 e. The summed E-state index contributed by atoms with van der Waals surface area (Å²) in [6, 6.07) is 24.4. The third kappa shape index (κ3) is 5.87. The summed E-state index contributed by atoms with van der Waals surface area (Å²) < 4.78 is 5.58. The van der Waals surface area contributed by atoms with Crippen molar-refractivity contribution < 1.29 is 24.2 Å². The quantitative estimate of drug-likeness (QED) is 0.462. The monoisotopic (exact) mass is 468 g/mol. The molecule has 4 rings (SSSR count). The number of rotatable bonds is 7. The van der Waals surface area contributed by atoms with Gasteiger partial charge in [0.2, 0.25) is 5.91 Å². The van der Waals surface area contributed by atoms with E-state index in [2.05, 4.69) is 28.7 Å². The van der Waals surface area contributed by atoms with Crippen molar-refractivity contribution >= 4 is 18.0 Å². The van der Waals surface area contributed by atoms with Crippen molar-refractivity contribution in [3.63, 3.8) is 0 Å². The largest absolute Gasteiger partial charge is 0.472 e. The number of amides is 2. The van der Waals surface area contributed by atoms with Crippen molar-refractivity contribution in [3.8, 4) is 23.0 Å². The van der Waals surface area contributed by atoms with E-state index in [1.54, 1.807) is 0 Å². The molecule has 0 fully saturated rings. The molecule has 2 amide bonds. The van der Waals surface area contributed by atoms with Crippen LogP contribution in [0.3, 0.4) is 0 Å². The molecule has 176 valence electrons. The molecule has 7 nitrogen and oxygen atoms in total. The molecule has 0 unspecified atom stereocenters. The summed E-state index contributed by atoms with van der Waals surface area (Å²) in [6.45, 7) is -0.0214. The van der Waals surface area contributed by atoms with Gasteiger partial charge in [-0.05, 0) is 27.8 Å². The smallest absolute Gasteiger partial charge is 0.407 e. The maximum atomic E-state index is 12.7. The van der Waals surface area contributed by atoms with Crippen LogP contribution in [-0.2, 0) is 20.7 Å². The lowest BCUT2D eigenvalue weighted by atomic mass is 9.98. The number of ether oxygens (including phenoxy) is 1. The minimum Gasteiger partial charge on any atom is -0.472 e. The molecule has 7 heteroatoms. The molecule has 0 heterocycles. The van der Waals surface area contributed by atoms with Gasteiger partial charge in [-0.3, -0.25) is 4.79 Å². The predicted octanol–water partition coefficient (Wildman–Crippen LogP) is 3.34. The molecular formula is C28H24N2O5. The number of carboxylic acids is 1. The molecular weight excluding hydrogens is 444 g/mol. The third-order valence-corrected chi connectivity index (χ3v) is 5.78. The van der Waals surface area contributed by atoms with E-state index in [4.69, 9.17) is 9.84 Å². The van der Waals surface area contributed by atoms with Crippen LogP contribution in [0.4, 0.5) is 4.79 Å². The molecule has 0 saturated carbocycles. The fraction of sp³-hybridized carbons (Fsp3) is 0.179. The molecule has 3 N–H and O–H groups in total. The van der Waals surface area contributed by atoms with E-state index in [-0.39, 0.29) is 25.5 Å². The number of nitrogens with one attached hydrogen (secondary N) is 2. The molecule has 3 aromatic rings. The van der Waals surface area contributed by atoms with Gasteiger partial charge in [0.25, 0.3) is 0 Å². The molecule has 0 radical (unpaired) electrons. The first-order valence-corrected chi connectivity index (χ1v) is 11.2. The molecule has 0 aromatic heterocycles. The molecule has 0 saturated heterocycles. The van der Waals surface area contributed by atoms with Gasteiger partial charge < -0.3 is 20.5 Å². The minimum atomic E-state index is -1.28. The summed E-state index contributed by atoms with van der Waals surface area (Å²) in [5.41, 5.74) is 5.29. The van der Waals surface area contributed by atoms with Crippen LogP contribution in [0.25, 0.3) is 11.1 Å². The molecule has 1 atom stereocenters. The van der Waals surface area contributed by atoms with Crippen LogP contribution in [-0.4, -0.2) is 42.3 Å². The van der Waals surface area contributed by atoms with Crippen LogP contribution in [0.2, 0.25) is 0 Å². The van der Waals surface area contributed by atoms with Gasteiger partial charge in [-0.25, -0.2) is 9.59 Å². The van der Waals surface area contributed by atoms with Crippen LogP contribution in [0.1, 0.15) is 22.6 Å². The number of alkyl carbamates (subject to hydrolysis) is 1. The average molecular weight is 469 g/mol. The van der Waals surface area contributed by atoms with Crippen LogP contribution in [0.5, 0.6) is 0 Å². The molecule has 0 aliphatic heterocycles. The maximum absolute atomic E-state index is 12.7. The molecule has 1 aliphatic carbocycles. The molecule has 35 heavy (non-hydrogen) atoms.